The molecule has 0 spiro atoms. The van der Waals surface area contributed by atoms with Gasteiger partial charge in [0, 0.05) is 0 Å². The highest BCUT2D eigenvalue weighted by Crippen LogP contribution is 2.44. The molecule has 0 amide bonds. The van der Waals surface area contributed by atoms with Crippen LogP contribution in [0.3, 0.4) is 0 Å². The lowest BCUT2D eigenvalue weighted by atomic mass is 10.2. The van der Waals surface area contributed by atoms with Crippen LogP contribution in [-0.4, -0.2) is 22.2 Å². The van der Waals surface area contributed by atoms with E-state index in [1.54, 1.807) is 34.6 Å². The van der Waals surface area contributed by atoms with Crippen molar-refractivity contribution in [3.63, 3.8) is 0 Å². The lowest BCUT2D eigenvalue weighted by molar-refractivity contribution is -0.0505. The van der Waals surface area contributed by atoms with Crippen molar-refractivity contribution in [2.45, 2.75) is 57.3 Å². The minimum absolute atomic E-state index is 0.322. The second kappa shape index (κ2) is 4.89. The summed E-state index contributed by atoms with van der Waals surface area (Å²) in [5.74, 6) is 0. The smallest absolute Gasteiger partial charge is 0.307 e. The van der Waals surface area contributed by atoms with Crippen molar-refractivity contribution < 1.29 is 25.5 Å². The molecule has 0 aliphatic heterocycles. The van der Waals surface area contributed by atoms with Gasteiger partial charge < -0.3 is 3.87 Å². The highest BCUT2D eigenvalue weighted by Gasteiger charge is 2.55. The van der Waals surface area contributed by atoms with Crippen LogP contribution in [0.15, 0.2) is 0 Å². The van der Waals surface area contributed by atoms with Gasteiger partial charge in [-0.3, -0.25) is 0 Å². The van der Waals surface area contributed by atoms with Crippen LogP contribution in [0, 0.1) is 0 Å². The van der Waals surface area contributed by atoms with Crippen molar-refractivity contribution in [1.82, 2.24) is 0 Å². The lowest BCUT2D eigenvalue weighted by Gasteiger charge is -2.40. The van der Waals surface area contributed by atoms with Gasteiger partial charge in [-0.2, -0.15) is 21.6 Å². The summed E-state index contributed by atoms with van der Waals surface area (Å²) in [6.45, 7) is 8.51. The Balaban J connectivity index is 5.46. The number of rotatable bonds is 4. The van der Waals surface area contributed by atoms with Crippen molar-refractivity contribution in [2.75, 3.05) is 0 Å². The molecule has 0 N–H and O–H groups in total. The molecule has 0 saturated carbocycles. The zero-order chi connectivity index (χ0) is 14.1. The fourth-order valence-electron chi connectivity index (χ4n) is 1.81. The Morgan fingerprint density at radius 2 is 1.41 bits per heavy atom. The van der Waals surface area contributed by atoms with Gasteiger partial charge in [-0.15, -0.1) is 0 Å². The van der Waals surface area contributed by atoms with Crippen LogP contribution < -0.4 is 0 Å². The average molecular weight is 292 g/mol. The topological polar surface area (TPSA) is 43.4 Å². The Hall–Kier alpha value is -0.0831. The van der Waals surface area contributed by atoms with Gasteiger partial charge >= 0.3 is 15.6 Å². The van der Waals surface area contributed by atoms with Crippen LogP contribution in [0.5, 0.6) is 0 Å². The maximum absolute atomic E-state index is 12.3. The van der Waals surface area contributed by atoms with Crippen molar-refractivity contribution in [2.24, 2.45) is 0 Å². The summed E-state index contributed by atoms with van der Waals surface area (Å²) in [4.78, 5) is 0. The Bertz CT molecular complexity index is 353. The van der Waals surface area contributed by atoms with Gasteiger partial charge in [0.05, 0.1) is 0 Å². The van der Waals surface area contributed by atoms with Gasteiger partial charge in [-0.25, -0.2) is 0 Å². The first-order chi connectivity index (χ1) is 7.33. The molecule has 0 radical (unpaired) electrons. The molecule has 8 heteroatoms. The van der Waals surface area contributed by atoms with Crippen LogP contribution >= 0.6 is 0 Å². The minimum Gasteiger partial charge on any atom is -0.307 e. The van der Waals surface area contributed by atoms with Crippen molar-refractivity contribution >= 4 is 18.4 Å². The summed E-state index contributed by atoms with van der Waals surface area (Å²) in [6, 6.07) is 0.643. The summed E-state index contributed by atoms with van der Waals surface area (Å²) in [5.41, 5.74) is -5.35. The van der Waals surface area contributed by atoms with Crippen molar-refractivity contribution in [3.8, 4) is 0 Å². The van der Waals surface area contributed by atoms with Crippen LogP contribution in [0.4, 0.5) is 13.2 Å². The SMILES string of the molecule is CC[Si](CC)(OS(=O)(=O)C(F)(F)F)C(C)(C)C. The van der Waals surface area contributed by atoms with E-state index < -0.39 is 29.0 Å². The Labute approximate surface area is 102 Å². The predicted octanol–water partition coefficient (Wildman–Crippen LogP) is 3.64. The van der Waals surface area contributed by atoms with Crippen LogP contribution in [0.2, 0.25) is 17.1 Å². The maximum Gasteiger partial charge on any atom is 0.522 e. The average Bonchev–Trinajstić information content (AvgIpc) is 2.10. The van der Waals surface area contributed by atoms with E-state index in [2.05, 4.69) is 3.87 Å². The van der Waals surface area contributed by atoms with Crippen LogP contribution in [-0.2, 0) is 14.0 Å². The summed E-state index contributed by atoms with van der Waals surface area (Å²) in [6.07, 6.45) is 0. The second-order valence-corrected chi connectivity index (χ2v) is 11.9. The molecule has 0 atom stereocenters. The quantitative estimate of drug-likeness (QED) is 0.587. The molecule has 0 saturated heterocycles. The van der Waals surface area contributed by atoms with Gasteiger partial charge in [-0.05, 0) is 17.1 Å². The molecule has 0 aromatic heterocycles. The van der Waals surface area contributed by atoms with Crippen LogP contribution in [0.25, 0.3) is 0 Å². The van der Waals surface area contributed by atoms with E-state index in [0.717, 1.165) is 0 Å². The molecule has 0 bridgehead atoms. The summed E-state index contributed by atoms with van der Waals surface area (Å²) < 4.78 is 63.9. The first-order valence-electron chi connectivity index (χ1n) is 5.35. The molecule has 0 rings (SSSR count). The molecule has 0 fully saturated rings. The van der Waals surface area contributed by atoms with E-state index in [1.807, 2.05) is 0 Å². The second-order valence-electron chi connectivity index (χ2n) is 4.93. The molecule has 0 aliphatic carbocycles. The third kappa shape index (κ3) is 3.44. The first-order valence-corrected chi connectivity index (χ1v) is 9.08. The fourth-order valence-corrected chi connectivity index (χ4v) is 8.43. The van der Waals surface area contributed by atoms with Gasteiger partial charge in [0.15, 0.2) is 0 Å². The number of hydrogen-bond donors (Lipinski definition) is 0. The standard InChI is InChI=1S/C9H19F3O3SSi/c1-6-17(7-2,8(3,4)5)15-16(13,14)9(10,11)12/h6-7H2,1-5H3. The molecule has 0 unspecified atom stereocenters. The molecule has 3 nitrogen and oxygen atoms in total. The number of alkyl halides is 3. The molecule has 17 heavy (non-hydrogen) atoms. The Morgan fingerprint density at radius 3 is 1.59 bits per heavy atom. The van der Waals surface area contributed by atoms with Crippen molar-refractivity contribution in [3.05, 3.63) is 0 Å². The molecular formula is C9H19F3O3SSi. The summed E-state index contributed by atoms with van der Waals surface area (Å²) in [5, 5.41) is -0.575. The molecular weight excluding hydrogens is 273 g/mol. The zero-order valence-corrected chi connectivity index (χ0v) is 12.5. The molecule has 0 aromatic carbocycles. The first kappa shape index (κ1) is 16.9. The van der Waals surface area contributed by atoms with Gasteiger partial charge in [-0.1, -0.05) is 34.6 Å². The number of halogens is 3. The van der Waals surface area contributed by atoms with E-state index in [4.69, 9.17) is 0 Å². The molecule has 0 heterocycles. The largest absolute Gasteiger partial charge is 0.522 e. The highest BCUT2D eigenvalue weighted by atomic mass is 32.2. The third-order valence-electron chi connectivity index (χ3n) is 3.06. The van der Waals surface area contributed by atoms with E-state index in [0.29, 0.717) is 12.1 Å². The fraction of sp³-hybridized carbons (Fsp3) is 1.00. The zero-order valence-electron chi connectivity index (χ0n) is 10.7. The van der Waals surface area contributed by atoms with Crippen molar-refractivity contribution in [1.29, 1.82) is 0 Å². The minimum atomic E-state index is -5.50. The molecule has 0 aromatic rings. The van der Waals surface area contributed by atoms with E-state index in [9.17, 15) is 21.6 Å². The maximum atomic E-state index is 12.3. The predicted molar refractivity (Wildman–Crippen MR) is 62.5 cm³/mol. The van der Waals surface area contributed by atoms with E-state index >= 15 is 0 Å². The summed E-state index contributed by atoms with van der Waals surface area (Å²) >= 11 is 0. The highest BCUT2D eigenvalue weighted by molar-refractivity contribution is 7.88. The summed E-state index contributed by atoms with van der Waals surface area (Å²) in [7, 11) is -8.50. The third-order valence-corrected chi connectivity index (χ3v) is 10.8. The van der Waals surface area contributed by atoms with Gasteiger partial charge in [0.1, 0.15) is 0 Å². The Morgan fingerprint density at radius 1 is 1.06 bits per heavy atom. The Kier molecular flexibility index (Phi) is 4.86. The van der Waals surface area contributed by atoms with E-state index in [-0.39, 0.29) is 0 Å². The number of hydrogen-bond acceptors (Lipinski definition) is 3. The lowest BCUT2D eigenvalue weighted by Crippen LogP contribution is -2.49. The van der Waals surface area contributed by atoms with E-state index in [1.165, 1.54) is 0 Å². The van der Waals surface area contributed by atoms with Gasteiger partial charge in [0.25, 0.3) is 0 Å². The van der Waals surface area contributed by atoms with Gasteiger partial charge in [0.2, 0.25) is 8.32 Å². The monoisotopic (exact) mass is 292 g/mol. The molecule has 0 aliphatic rings. The normalized spacial score (nSPS) is 15.1. The molecule has 104 valence electrons. The van der Waals surface area contributed by atoms with Crippen LogP contribution in [0.1, 0.15) is 34.6 Å².